The van der Waals surface area contributed by atoms with Crippen LogP contribution in [-0.2, 0) is 11.8 Å². The van der Waals surface area contributed by atoms with Crippen LogP contribution < -0.4 is 10.1 Å². The lowest BCUT2D eigenvalue weighted by Gasteiger charge is -2.31. The van der Waals surface area contributed by atoms with Crippen molar-refractivity contribution in [3.8, 4) is 39.5 Å². The van der Waals surface area contributed by atoms with Gasteiger partial charge in [0.15, 0.2) is 0 Å². The number of H-pyrrole nitrogens is 1. The number of aromatic amines is 1. The van der Waals surface area contributed by atoms with Gasteiger partial charge in [0.25, 0.3) is 0 Å². The third-order valence-electron chi connectivity index (χ3n) is 8.88. The number of aliphatic hydroxyl groups is 1. The van der Waals surface area contributed by atoms with E-state index < -0.39 is 35.5 Å². The lowest BCUT2D eigenvalue weighted by atomic mass is 9.83. The molecule has 0 radical (unpaired) electrons. The number of nitrogens with one attached hydrogen (secondary N) is 2. The summed E-state index contributed by atoms with van der Waals surface area (Å²) < 4.78 is 55.1. The number of benzene rings is 2. The Morgan fingerprint density at radius 3 is 2.73 bits per heavy atom. The zero-order valence-electron chi connectivity index (χ0n) is 26.3. The van der Waals surface area contributed by atoms with Crippen molar-refractivity contribution < 1.29 is 27.8 Å². The van der Waals surface area contributed by atoms with Crippen molar-refractivity contribution in [2.24, 2.45) is 13.0 Å². The van der Waals surface area contributed by atoms with Crippen molar-refractivity contribution >= 4 is 38.2 Å². The Morgan fingerprint density at radius 2 is 1.98 bits per heavy atom. The number of carbonyl (C=O) groups excluding carboxylic acids is 1. The molecule has 6 aromatic rings. The number of fused-ring (bicyclic) bond motifs is 2. The van der Waals surface area contributed by atoms with Crippen LogP contribution in [0.3, 0.4) is 0 Å². The number of hydrogen-bond acceptors (Lipinski definition) is 7. The molecule has 0 aliphatic heterocycles. The number of thiophene rings is 1. The van der Waals surface area contributed by atoms with Crippen molar-refractivity contribution in [2.45, 2.75) is 38.8 Å². The van der Waals surface area contributed by atoms with E-state index in [9.17, 15) is 14.3 Å². The highest BCUT2D eigenvalue weighted by Gasteiger charge is 2.31. The van der Waals surface area contributed by atoms with Crippen LogP contribution in [0.5, 0.6) is 5.75 Å². The summed E-state index contributed by atoms with van der Waals surface area (Å²) in [5, 5.41) is 26.8. The van der Waals surface area contributed by atoms with E-state index in [1.54, 1.807) is 17.7 Å². The van der Waals surface area contributed by atoms with E-state index in [0.29, 0.717) is 34.5 Å². The van der Waals surface area contributed by atoms with Crippen molar-refractivity contribution in [3.05, 3.63) is 83.3 Å². The molecule has 246 valence electrons. The first-order valence-electron chi connectivity index (χ1n) is 15.4. The summed E-state index contributed by atoms with van der Waals surface area (Å²) >= 11 is 1.11. The van der Waals surface area contributed by atoms with Crippen LogP contribution in [-0.4, -0.2) is 48.7 Å². The van der Waals surface area contributed by atoms with Crippen molar-refractivity contribution in [2.75, 3.05) is 6.61 Å². The molecule has 1 saturated carbocycles. The number of nitrogens with zero attached hydrogens (tertiary/aromatic N) is 4. The molecule has 0 saturated heterocycles. The number of rotatable bonds is 9. The van der Waals surface area contributed by atoms with Crippen LogP contribution in [0.15, 0.2) is 54.4 Å². The number of aliphatic hydroxyl groups excluding tert-OH is 1. The van der Waals surface area contributed by atoms with Gasteiger partial charge in [-0.2, -0.15) is 10.2 Å². The van der Waals surface area contributed by atoms with Gasteiger partial charge >= 0.3 is 0 Å². The van der Waals surface area contributed by atoms with Gasteiger partial charge in [-0.15, -0.1) is 11.3 Å². The minimum atomic E-state index is -0.964. The molecule has 2 aromatic carbocycles. The molecule has 48 heavy (non-hydrogen) atoms. The van der Waals surface area contributed by atoms with Crippen molar-refractivity contribution in [1.29, 1.82) is 0 Å². The Labute approximate surface area is 277 Å². The predicted molar refractivity (Wildman–Crippen MR) is 178 cm³/mol. The lowest BCUT2D eigenvalue weighted by molar-refractivity contribution is -0.117. The molecular formula is C35H31F3N6O3S. The van der Waals surface area contributed by atoms with E-state index in [0.717, 1.165) is 46.1 Å². The van der Waals surface area contributed by atoms with E-state index in [-0.39, 0.29) is 46.2 Å². The van der Waals surface area contributed by atoms with Crippen LogP contribution >= 0.6 is 11.3 Å². The number of hydrogen-bond donors (Lipinski definition) is 3. The summed E-state index contributed by atoms with van der Waals surface area (Å²) in [4.78, 5) is 17.0. The average Bonchev–Trinajstić information content (AvgIpc) is 3.76. The lowest BCUT2D eigenvalue weighted by Crippen LogP contribution is -2.32. The fraction of sp³-hybridized carbons (Fsp3) is 0.257. The summed E-state index contributed by atoms with van der Waals surface area (Å²) in [6.45, 7) is 7.30. The number of halogens is 3. The second-order valence-electron chi connectivity index (χ2n) is 12.1. The van der Waals surface area contributed by atoms with E-state index in [1.165, 1.54) is 5.38 Å². The molecular weight excluding hydrogens is 641 g/mol. The molecule has 1 aliphatic rings. The maximum atomic E-state index is 16.1. The molecule has 4 heterocycles. The second kappa shape index (κ2) is 12.2. The third-order valence-corrected chi connectivity index (χ3v) is 9.84. The van der Waals surface area contributed by atoms with Gasteiger partial charge in [0.05, 0.1) is 45.9 Å². The maximum absolute atomic E-state index is 16.1. The Bertz CT molecular complexity index is 2240. The molecule has 7 rings (SSSR count). The Kier molecular flexibility index (Phi) is 8.04. The third kappa shape index (κ3) is 5.52. The summed E-state index contributed by atoms with van der Waals surface area (Å²) in [5.74, 6) is -2.96. The number of aryl methyl sites for hydroxylation is 2. The van der Waals surface area contributed by atoms with Gasteiger partial charge < -0.3 is 15.2 Å². The fourth-order valence-corrected chi connectivity index (χ4v) is 7.10. The summed E-state index contributed by atoms with van der Waals surface area (Å²) in [6, 6.07) is 8.60. The van der Waals surface area contributed by atoms with Gasteiger partial charge in [0, 0.05) is 52.2 Å². The normalized spacial score (nSPS) is 16.6. The van der Waals surface area contributed by atoms with Gasteiger partial charge in [0.1, 0.15) is 34.6 Å². The minimum absolute atomic E-state index is 0.00312. The maximum Gasteiger partial charge on any atom is 0.243 e. The van der Waals surface area contributed by atoms with Gasteiger partial charge in [-0.25, -0.2) is 18.2 Å². The highest BCUT2D eigenvalue weighted by molar-refractivity contribution is 7.17. The zero-order chi connectivity index (χ0) is 33.9. The van der Waals surface area contributed by atoms with Gasteiger partial charge in [-0.1, -0.05) is 18.7 Å². The molecule has 1 aliphatic carbocycles. The molecule has 0 spiro atoms. The first-order valence-corrected chi connectivity index (χ1v) is 16.2. The number of carbonyl (C=O) groups is 1. The fourth-order valence-electron chi connectivity index (χ4n) is 6.16. The molecule has 1 fully saturated rings. The molecule has 0 bridgehead atoms. The van der Waals surface area contributed by atoms with Crippen molar-refractivity contribution in [1.82, 2.24) is 30.3 Å². The smallest absolute Gasteiger partial charge is 0.243 e. The predicted octanol–water partition coefficient (Wildman–Crippen LogP) is 7.15. The standard InChI is InChI=1S/C35H31F3N6O3S/c1-5-29(46)39-16(2)25-13-27(42-41-25)34-32(30-23(37)11-20(36)12-28(30)47-14-18-8-21(45)9-18)31-24(38)15-48-35(31)33(40-34)19-6-7-22-17(3)44(4)43-26(22)10-19/h5-7,10-13,15-16,18,21,45H,1,8-9,14H2,2-4H3,(H,39,46)(H,41,42)/t16-,18?,21?/m1/s1. The molecule has 3 N–H and O–H groups in total. The van der Waals surface area contributed by atoms with Crippen molar-refractivity contribution in [3.63, 3.8) is 0 Å². The highest BCUT2D eigenvalue weighted by atomic mass is 32.1. The quantitative estimate of drug-likeness (QED) is 0.141. The highest BCUT2D eigenvalue weighted by Crippen LogP contribution is 2.48. The topological polar surface area (TPSA) is 118 Å². The van der Waals surface area contributed by atoms with E-state index >= 15 is 8.78 Å². The SMILES string of the molecule is C=CC(=O)N[C@H](C)c1cc(-c2nc(-c3ccc4c(C)n(C)nc4c3)c3scc(F)c3c2-c2c(F)cc(F)cc2OCC2CC(O)C2)n[nH]1. The number of amides is 1. The second-order valence-corrected chi connectivity index (χ2v) is 13.0. The number of aromatic nitrogens is 5. The molecule has 1 atom stereocenters. The van der Waals surface area contributed by atoms with Crippen LogP contribution in [0, 0.1) is 30.3 Å². The average molecular weight is 673 g/mol. The molecule has 0 unspecified atom stereocenters. The number of ether oxygens (including phenoxy) is 1. The first kappa shape index (κ1) is 31.6. The van der Waals surface area contributed by atoms with Gasteiger partial charge in [-0.3, -0.25) is 14.6 Å². The van der Waals surface area contributed by atoms with Gasteiger partial charge in [-0.05, 0) is 50.8 Å². The molecule has 1 amide bonds. The summed E-state index contributed by atoms with van der Waals surface area (Å²) in [5.41, 5.74) is 3.52. The summed E-state index contributed by atoms with van der Waals surface area (Å²) in [6.07, 6.45) is 1.73. The largest absolute Gasteiger partial charge is 0.492 e. The summed E-state index contributed by atoms with van der Waals surface area (Å²) in [7, 11) is 1.85. The minimum Gasteiger partial charge on any atom is -0.492 e. The monoisotopic (exact) mass is 672 g/mol. The van der Waals surface area contributed by atoms with E-state index in [2.05, 4.69) is 27.2 Å². The van der Waals surface area contributed by atoms with Crippen LogP contribution in [0.1, 0.15) is 37.2 Å². The first-order chi connectivity index (χ1) is 23.0. The van der Waals surface area contributed by atoms with Crippen LogP contribution in [0.2, 0.25) is 0 Å². The Hall–Kier alpha value is -5.01. The molecule has 9 nitrogen and oxygen atoms in total. The zero-order valence-corrected chi connectivity index (χ0v) is 27.1. The van der Waals surface area contributed by atoms with Crippen LogP contribution in [0.25, 0.3) is 54.8 Å². The van der Waals surface area contributed by atoms with E-state index in [1.807, 2.05) is 32.2 Å². The molecule has 4 aromatic heterocycles. The van der Waals surface area contributed by atoms with Gasteiger partial charge in [0.2, 0.25) is 5.91 Å². The molecule has 13 heteroatoms. The van der Waals surface area contributed by atoms with Crippen LogP contribution in [0.4, 0.5) is 13.2 Å². The number of pyridine rings is 1. The Balaban J connectivity index is 1.47. The Morgan fingerprint density at radius 1 is 1.19 bits per heavy atom. The van der Waals surface area contributed by atoms with E-state index in [4.69, 9.17) is 9.72 Å².